The number of ether oxygens (including phenoxy) is 3. The zero-order valence-corrected chi connectivity index (χ0v) is 14.1. The van der Waals surface area contributed by atoms with Crippen molar-refractivity contribution in [3.63, 3.8) is 0 Å². The summed E-state index contributed by atoms with van der Waals surface area (Å²) in [4.78, 5) is 11.3. The summed E-state index contributed by atoms with van der Waals surface area (Å²) in [5.74, 6) is -0.612. The molecule has 1 rings (SSSR count). The molecule has 0 saturated carbocycles. The topological polar surface area (TPSA) is 44.8 Å². The molecular formula is C10H20GeO4. The predicted molar refractivity (Wildman–Crippen MR) is 59.8 cm³/mol. The monoisotopic (exact) mass is 278 g/mol. The second kappa shape index (κ2) is 5.32. The SMILES string of the molecule is CCOC(=O)C[CH]([GeH3])C1COC(C)(C)O1. The fraction of sp³-hybridized carbons (Fsp3) is 0.900. The van der Waals surface area contributed by atoms with Crippen molar-refractivity contribution in [3.8, 4) is 0 Å². The van der Waals surface area contributed by atoms with Crippen molar-refractivity contribution in [3.05, 3.63) is 0 Å². The minimum atomic E-state index is -0.490. The number of hydrogen-bond acceptors (Lipinski definition) is 4. The third-order valence-corrected chi connectivity index (χ3v) is 4.88. The van der Waals surface area contributed by atoms with E-state index < -0.39 is 5.79 Å². The summed E-state index contributed by atoms with van der Waals surface area (Å²) in [6.07, 6.45) is 0.544. The molecule has 15 heavy (non-hydrogen) atoms. The van der Waals surface area contributed by atoms with Crippen molar-refractivity contribution < 1.29 is 19.0 Å². The molecule has 1 fully saturated rings. The molecule has 0 aromatic heterocycles. The van der Waals surface area contributed by atoms with Crippen molar-refractivity contribution in [1.82, 2.24) is 0 Å². The Balaban J connectivity index is 2.35. The van der Waals surface area contributed by atoms with Crippen LogP contribution in [0.1, 0.15) is 27.2 Å². The molecule has 0 aliphatic carbocycles. The third kappa shape index (κ3) is 4.12. The Hall–Kier alpha value is -0.0671. The maximum absolute atomic E-state index is 11.3. The Bertz CT molecular complexity index is 229. The van der Waals surface area contributed by atoms with Crippen molar-refractivity contribution in [2.75, 3.05) is 13.2 Å². The van der Waals surface area contributed by atoms with Gasteiger partial charge in [-0.2, -0.15) is 0 Å². The molecule has 0 bridgehead atoms. The van der Waals surface area contributed by atoms with Gasteiger partial charge in [-0.05, 0) is 0 Å². The van der Waals surface area contributed by atoms with Gasteiger partial charge in [-0.1, -0.05) is 0 Å². The molecule has 88 valence electrons. The Kier molecular flexibility index (Phi) is 4.61. The van der Waals surface area contributed by atoms with Crippen LogP contribution in [0.2, 0.25) is 4.75 Å². The summed E-state index contributed by atoms with van der Waals surface area (Å²) in [5.41, 5.74) is 0. The first kappa shape index (κ1) is 13.0. The van der Waals surface area contributed by atoms with Crippen LogP contribution < -0.4 is 0 Å². The molecule has 0 aromatic rings. The molecule has 1 aliphatic rings. The van der Waals surface area contributed by atoms with E-state index in [0.29, 0.717) is 40.9 Å². The van der Waals surface area contributed by atoms with Crippen LogP contribution in [0.25, 0.3) is 0 Å². The molecule has 2 unspecified atom stereocenters. The minimum absolute atomic E-state index is 0.0735. The predicted octanol–water partition coefficient (Wildman–Crippen LogP) is 0.245. The van der Waals surface area contributed by atoms with Crippen LogP contribution in [0.3, 0.4) is 0 Å². The van der Waals surface area contributed by atoms with Gasteiger partial charge >= 0.3 is 98.5 Å². The third-order valence-electron chi connectivity index (χ3n) is 2.46. The number of esters is 1. The van der Waals surface area contributed by atoms with E-state index >= 15 is 0 Å². The number of carbonyl (C=O) groups is 1. The molecule has 1 heterocycles. The number of hydrogen-bond donors (Lipinski definition) is 0. The molecule has 1 aliphatic heterocycles. The molecule has 2 atom stereocenters. The van der Waals surface area contributed by atoms with Crippen LogP contribution in [0, 0.1) is 0 Å². The summed E-state index contributed by atoms with van der Waals surface area (Å²) in [6, 6.07) is 0. The molecular weight excluding hydrogens is 257 g/mol. The van der Waals surface area contributed by atoms with Crippen LogP contribution in [0.15, 0.2) is 0 Å². The standard InChI is InChI=1S/C10H20GeO4/c1-4-13-9(12)5-7(11)8-6-14-10(2,3)15-8/h7-8H,4-6H2,1-3,11H3. The van der Waals surface area contributed by atoms with Gasteiger partial charge in [0.2, 0.25) is 0 Å². The first-order valence-electron chi connectivity index (χ1n) is 5.42. The van der Waals surface area contributed by atoms with E-state index in [9.17, 15) is 4.79 Å². The van der Waals surface area contributed by atoms with Crippen molar-refractivity contribution >= 4 is 22.5 Å². The number of carbonyl (C=O) groups excluding carboxylic acids is 1. The van der Waals surface area contributed by atoms with E-state index in [4.69, 9.17) is 14.2 Å². The van der Waals surface area contributed by atoms with Gasteiger partial charge in [0.1, 0.15) is 0 Å². The second-order valence-electron chi connectivity index (χ2n) is 4.35. The summed E-state index contributed by atoms with van der Waals surface area (Å²) in [5, 5.41) is 0. The maximum atomic E-state index is 11.3. The molecule has 0 N–H and O–H groups in total. The fourth-order valence-corrected chi connectivity index (χ4v) is 3.00. The molecule has 1 saturated heterocycles. The molecule has 0 radical (unpaired) electrons. The van der Waals surface area contributed by atoms with Crippen LogP contribution in [-0.2, 0) is 19.0 Å². The Morgan fingerprint density at radius 3 is 2.80 bits per heavy atom. The van der Waals surface area contributed by atoms with E-state index in [-0.39, 0.29) is 12.1 Å². The van der Waals surface area contributed by atoms with Gasteiger partial charge in [-0.25, -0.2) is 0 Å². The van der Waals surface area contributed by atoms with E-state index in [2.05, 4.69) is 0 Å². The average molecular weight is 277 g/mol. The van der Waals surface area contributed by atoms with E-state index in [1.807, 2.05) is 20.8 Å². The Labute approximate surface area is 98.9 Å². The second-order valence-corrected chi connectivity index (χ2v) is 7.47. The summed E-state index contributed by atoms with van der Waals surface area (Å²) in [7, 11) is 0. The van der Waals surface area contributed by atoms with Crippen molar-refractivity contribution in [1.29, 1.82) is 0 Å². The van der Waals surface area contributed by atoms with Crippen molar-refractivity contribution in [2.45, 2.75) is 43.8 Å². The molecule has 0 spiro atoms. The molecule has 4 nitrogen and oxygen atoms in total. The van der Waals surface area contributed by atoms with E-state index in [1.165, 1.54) is 0 Å². The van der Waals surface area contributed by atoms with Gasteiger partial charge in [-0.15, -0.1) is 0 Å². The summed E-state index contributed by atoms with van der Waals surface area (Å²) < 4.78 is 16.4. The van der Waals surface area contributed by atoms with E-state index in [0.717, 1.165) is 0 Å². The molecule has 0 aromatic carbocycles. The van der Waals surface area contributed by atoms with Gasteiger partial charge < -0.3 is 0 Å². The average Bonchev–Trinajstić information content (AvgIpc) is 2.46. The molecule has 0 amide bonds. The van der Waals surface area contributed by atoms with Gasteiger partial charge in [-0.3, -0.25) is 0 Å². The number of rotatable bonds is 4. The van der Waals surface area contributed by atoms with Gasteiger partial charge in [0.15, 0.2) is 0 Å². The Morgan fingerprint density at radius 2 is 2.33 bits per heavy atom. The fourth-order valence-electron chi connectivity index (χ4n) is 1.61. The Morgan fingerprint density at radius 1 is 1.67 bits per heavy atom. The van der Waals surface area contributed by atoms with Crippen LogP contribution in [0.4, 0.5) is 0 Å². The van der Waals surface area contributed by atoms with E-state index in [1.54, 1.807) is 0 Å². The van der Waals surface area contributed by atoms with Gasteiger partial charge in [0.05, 0.1) is 0 Å². The summed E-state index contributed by atoms with van der Waals surface area (Å²) in [6.45, 7) is 6.67. The van der Waals surface area contributed by atoms with Gasteiger partial charge in [0.25, 0.3) is 0 Å². The van der Waals surface area contributed by atoms with Crippen LogP contribution in [0.5, 0.6) is 0 Å². The quantitative estimate of drug-likeness (QED) is 0.545. The van der Waals surface area contributed by atoms with Crippen LogP contribution in [-0.4, -0.2) is 47.6 Å². The first-order valence-corrected chi connectivity index (χ1v) is 7.84. The normalized spacial score (nSPS) is 26.5. The molecule has 5 heteroatoms. The zero-order valence-electron chi connectivity index (χ0n) is 9.91. The zero-order chi connectivity index (χ0) is 11.5. The van der Waals surface area contributed by atoms with Gasteiger partial charge in [0, 0.05) is 0 Å². The van der Waals surface area contributed by atoms with Crippen LogP contribution >= 0.6 is 0 Å². The first-order chi connectivity index (χ1) is 6.94. The summed E-state index contributed by atoms with van der Waals surface area (Å²) >= 11 is 0.536. The van der Waals surface area contributed by atoms with Crippen molar-refractivity contribution in [2.24, 2.45) is 0 Å².